The Morgan fingerprint density at radius 1 is 1.16 bits per heavy atom. The highest BCUT2D eigenvalue weighted by Gasteiger charge is 2.31. The molecule has 1 saturated heterocycles. The van der Waals surface area contributed by atoms with Gasteiger partial charge in [-0.3, -0.25) is 9.59 Å². The Hall–Kier alpha value is -2.61. The lowest BCUT2D eigenvalue weighted by molar-refractivity contribution is -0.136. The first kappa shape index (κ1) is 22.6. The molecule has 0 spiro atoms. The number of aromatic nitrogens is 1. The Kier molecular flexibility index (Phi) is 7.29. The van der Waals surface area contributed by atoms with Gasteiger partial charge in [-0.2, -0.15) is 0 Å². The molecule has 6 nitrogen and oxygen atoms in total. The number of pyridine rings is 1. The van der Waals surface area contributed by atoms with E-state index in [1.807, 2.05) is 29.4 Å². The van der Waals surface area contributed by atoms with Gasteiger partial charge >= 0.3 is 0 Å². The number of halogens is 1. The first-order valence-corrected chi connectivity index (χ1v) is 12.3. The van der Waals surface area contributed by atoms with E-state index in [0.29, 0.717) is 31.7 Å². The van der Waals surface area contributed by atoms with Crippen molar-refractivity contribution >= 4 is 23.6 Å². The molecule has 0 radical (unpaired) electrons. The van der Waals surface area contributed by atoms with Crippen LogP contribution in [0.25, 0.3) is 0 Å². The molecule has 4 rings (SSSR count). The number of piperidine rings is 1. The van der Waals surface area contributed by atoms with E-state index in [0.717, 1.165) is 42.8 Å². The van der Waals surface area contributed by atoms with Crippen molar-refractivity contribution in [1.29, 1.82) is 0 Å². The van der Waals surface area contributed by atoms with Gasteiger partial charge in [0.1, 0.15) is 17.1 Å². The van der Waals surface area contributed by atoms with Gasteiger partial charge in [-0.25, -0.2) is 9.37 Å². The van der Waals surface area contributed by atoms with Crippen LogP contribution in [0.3, 0.4) is 0 Å². The van der Waals surface area contributed by atoms with Crippen molar-refractivity contribution in [3.63, 3.8) is 0 Å². The zero-order valence-corrected chi connectivity index (χ0v) is 19.0. The van der Waals surface area contributed by atoms with Crippen LogP contribution in [-0.4, -0.2) is 47.1 Å². The van der Waals surface area contributed by atoms with Crippen LogP contribution in [0.2, 0.25) is 0 Å². The van der Waals surface area contributed by atoms with E-state index in [1.165, 1.54) is 0 Å². The molecule has 170 valence electrons. The summed E-state index contributed by atoms with van der Waals surface area (Å²) in [7, 11) is 0. The van der Waals surface area contributed by atoms with Gasteiger partial charge in [0.2, 0.25) is 11.8 Å². The molecule has 8 heteroatoms. The SMILES string of the molecule is CSc1cccc(Oc2ncc(F)cc2C(=O)NC2CCN(C(=O)C3CCCC3)CC2)c1. The molecule has 2 fully saturated rings. The number of hydrogen-bond donors (Lipinski definition) is 1. The van der Waals surface area contributed by atoms with E-state index in [2.05, 4.69) is 10.3 Å². The first-order valence-electron chi connectivity index (χ1n) is 11.1. The fourth-order valence-electron chi connectivity index (χ4n) is 4.39. The summed E-state index contributed by atoms with van der Waals surface area (Å²) >= 11 is 1.57. The standard InChI is InChI=1S/C24H28FN3O3S/c1-32-20-8-4-7-19(14-20)31-23-21(13-17(25)15-26-23)22(29)27-18-9-11-28(12-10-18)24(30)16-5-2-3-6-16/h4,7-8,13-16,18H,2-3,5-6,9-12H2,1H3,(H,27,29). The van der Waals surface area contributed by atoms with E-state index in [9.17, 15) is 14.0 Å². The minimum atomic E-state index is -0.600. The molecule has 0 unspecified atom stereocenters. The second-order valence-corrected chi connectivity index (χ2v) is 9.22. The van der Waals surface area contributed by atoms with E-state index in [1.54, 1.807) is 17.8 Å². The van der Waals surface area contributed by atoms with Crippen molar-refractivity contribution in [3.8, 4) is 11.6 Å². The fraction of sp³-hybridized carbons (Fsp3) is 0.458. The van der Waals surface area contributed by atoms with E-state index in [-0.39, 0.29) is 29.3 Å². The van der Waals surface area contributed by atoms with Crippen LogP contribution < -0.4 is 10.1 Å². The van der Waals surface area contributed by atoms with Crippen LogP contribution >= 0.6 is 11.8 Å². The average Bonchev–Trinajstić information content (AvgIpc) is 3.35. The van der Waals surface area contributed by atoms with Gasteiger partial charge in [-0.05, 0) is 56.2 Å². The molecule has 1 aromatic heterocycles. The summed E-state index contributed by atoms with van der Waals surface area (Å²) in [6.45, 7) is 1.26. The molecule has 1 aliphatic heterocycles. The predicted molar refractivity (Wildman–Crippen MR) is 122 cm³/mol. The Morgan fingerprint density at radius 2 is 1.91 bits per heavy atom. The van der Waals surface area contributed by atoms with Gasteiger partial charge in [0.05, 0.1) is 6.20 Å². The molecule has 0 atom stereocenters. The topological polar surface area (TPSA) is 71.5 Å². The highest BCUT2D eigenvalue weighted by molar-refractivity contribution is 7.98. The highest BCUT2D eigenvalue weighted by Crippen LogP contribution is 2.29. The van der Waals surface area contributed by atoms with Crippen LogP contribution in [0.5, 0.6) is 11.6 Å². The third-order valence-corrected chi connectivity index (χ3v) is 6.89. The number of nitrogens with zero attached hydrogens (tertiary/aromatic N) is 2. The van der Waals surface area contributed by atoms with E-state index < -0.39 is 11.7 Å². The van der Waals surface area contributed by atoms with Gasteiger partial charge in [-0.1, -0.05) is 18.9 Å². The fourth-order valence-corrected chi connectivity index (χ4v) is 4.83. The lowest BCUT2D eigenvalue weighted by atomic mass is 10.0. The van der Waals surface area contributed by atoms with Crippen LogP contribution in [0, 0.1) is 11.7 Å². The summed E-state index contributed by atoms with van der Waals surface area (Å²) in [5, 5.41) is 2.97. The van der Waals surface area contributed by atoms with Gasteiger partial charge in [0.25, 0.3) is 5.91 Å². The number of rotatable bonds is 6. The van der Waals surface area contributed by atoms with E-state index >= 15 is 0 Å². The molecule has 32 heavy (non-hydrogen) atoms. The van der Waals surface area contributed by atoms with Crippen molar-refractivity contribution in [3.05, 3.63) is 47.9 Å². The molecule has 1 N–H and O–H groups in total. The van der Waals surface area contributed by atoms with Crippen LogP contribution in [0.4, 0.5) is 4.39 Å². The lowest BCUT2D eigenvalue weighted by Gasteiger charge is -2.34. The molecule has 2 aliphatic rings. The Balaban J connectivity index is 1.39. The zero-order valence-electron chi connectivity index (χ0n) is 18.2. The van der Waals surface area contributed by atoms with Gasteiger partial charge < -0.3 is 15.0 Å². The number of hydrogen-bond acceptors (Lipinski definition) is 5. The second-order valence-electron chi connectivity index (χ2n) is 8.34. The predicted octanol–water partition coefficient (Wildman–Crippen LogP) is 4.65. The number of amides is 2. The Bertz CT molecular complexity index is 973. The summed E-state index contributed by atoms with van der Waals surface area (Å²) in [6, 6.07) is 8.48. The minimum absolute atomic E-state index is 0.0593. The molecular weight excluding hydrogens is 429 g/mol. The Labute approximate surface area is 191 Å². The second kappa shape index (κ2) is 10.3. The van der Waals surface area contributed by atoms with Crippen molar-refractivity contribution in [2.45, 2.75) is 49.5 Å². The number of nitrogens with one attached hydrogen (secondary N) is 1. The maximum atomic E-state index is 13.9. The zero-order chi connectivity index (χ0) is 22.5. The summed E-state index contributed by atoms with van der Waals surface area (Å²) in [6.07, 6.45) is 8.61. The molecule has 0 bridgehead atoms. The Morgan fingerprint density at radius 3 is 2.62 bits per heavy atom. The molecule has 2 aromatic rings. The van der Waals surface area contributed by atoms with Crippen molar-refractivity contribution in [2.24, 2.45) is 5.92 Å². The number of carbonyl (C=O) groups is 2. The first-order chi connectivity index (χ1) is 15.5. The number of carbonyl (C=O) groups excluding carboxylic acids is 2. The van der Waals surface area contributed by atoms with Crippen LogP contribution in [0.15, 0.2) is 41.4 Å². The number of thioether (sulfide) groups is 1. The molecule has 1 aromatic carbocycles. The molecule has 2 amide bonds. The highest BCUT2D eigenvalue weighted by atomic mass is 32.2. The molecule has 1 aliphatic carbocycles. The third kappa shape index (κ3) is 5.41. The maximum absolute atomic E-state index is 13.9. The minimum Gasteiger partial charge on any atom is -0.438 e. The molecule has 2 heterocycles. The van der Waals surface area contributed by atoms with Crippen molar-refractivity contribution in [2.75, 3.05) is 19.3 Å². The van der Waals surface area contributed by atoms with Gasteiger partial charge in [0.15, 0.2) is 0 Å². The van der Waals surface area contributed by atoms with Gasteiger partial charge in [-0.15, -0.1) is 11.8 Å². The number of ether oxygens (including phenoxy) is 1. The quantitative estimate of drug-likeness (QED) is 0.640. The largest absolute Gasteiger partial charge is 0.438 e. The summed E-state index contributed by atoms with van der Waals surface area (Å²) in [4.78, 5) is 32.5. The maximum Gasteiger partial charge on any atom is 0.257 e. The molecule has 1 saturated carbocycles. The average molecular weight is 458 g/mol. The summed E-state index contributed by atoms with van der Waals surface area (Å²) in [5.41, 5.74) is 0.0593. The van der Waals surface area contributed by atoms with E-state index in [4.69, 9.17) is 4.74 Å². The van der Waals surface area contributed by atoms with Crippen LogP contribution in [-0.2, 0) is 4.79 Å². The third-order valence-electron chi connectivity index (χ3n) is 6.16. The summed E-state index contributed by atoms with van der Waals surface area (Å²) < 4.78 is 19.7. The van der Waals surface area contributed by atoms with Crippen molar-refractivity contribution < 1.29 is 18.7 Å². The van der Waals surface area contributed by atoms with Crippen LogP contribution in [0.1, 0.15) is 48.9 Å². The molecular formula is C24H28FN3O3S. The van der Waals surface area contributed by atoms with Crippen molar-refractivity contribution in [1.82, 2.24) is 15.2 Å². The lowest BCUT2D eigenvalue weighted by Crippen LogP contribution is -2.47. The number of benzene rings is 1. The summed E-state index contributed by atoms with van der Waals surface area (Å²) in [5.74, 6) is -0.000676. The normalized spacial score (nSPS) is 17.4. The smallest absolute Gasteiger partial charge is 0.257 e. The van der Waals surface area contributed by atoms with Gasteiger partial charge in [0, 0.05) is 29.9 Å². The number of likely N-dealkylation sites (tertiary alicyclic amines) is 1. The monoisotopic (exact) mass is 457 g/mol.